The minimum Gasteiger partial charge on any atom is -0.352 e. The van der Waals surface area contributed by atoms with E-state index in [-0.39, 0.29) is 11.9 Å². The monoisotopic (exact) mass is 318 g/mol. The van der Waals surface area contributed by atoms with Gasteiger partial charge >= 0.3 is 0 Å². The maximum absolute atomic E-state index is 12.4. The van der Waals surface area contributed by atoms with E-state index in [9.17, 15) is 4.79 Å². The Labute approximate surface area is 143 Å². The topological polar surface area (TPSA) is 34.0 Å². The molecule has 0 bridgehead atoms. The van der Waals surface area contributed by atoms with Crippen LogP contribution in [0.15, 0.2) is 79.1 Å². The molecular weight excluding hydrogens is 296 g/mol. The van der Waals surface area contributed by atoms with Gasteiger partial charge in [-0.15, -0.1) is 0 Å². The number of aryl methyl sites for hydroxylation is 1. The molecule has 0 saturated carbocycles. The summed E-state index contributed by atoms with van der Waals surface area (Å²) in [6.07, 6.45) is 4.43. The molecule has 0 aliphatic heterocycles. The van der Waals surface area contributed by atoms with Gasteiger partial charge in [0.25, 0.3) is 0 Å². The third kappa shape index (κ3) is 4.13. The Hall–Kier alpha value is -2.81. The first-order valence-electron chi connectivity index (χ1n) is 8.22. The Morgan fingerprint density at radius 1 is 0.958 bits per heavy atom. The minimum absolute atomic E-state index is 0.0132. The zero-order chi connectivity index (χ0) is 16.8. The average molecular weight is 318 g/mol. The van der Waals surface area contributed by atoms with Crippen molar-refractivity contribution in [3.63, 3.8) is 0 Å². The Morgan fingerprint density at radius 2 is 1.62 bits per heavy atom. The van der Waals surface area contributed by atoms with Crippen molar-refractivity contribution >= 4 is 5.91 Å². The third-order valence-corrected chi connectivity index (χ3v) is 4.16. The van der Waals surface area contributed by atoms with Gasteiger partial charge in [0.2, 0.25) is 5.91 Å². The normalized spacial score (nSPS) is 11.9. The number of rotatable bonds is 6. The molecule has 3 heteroatoms. The van der Waals surface area contributed by atoms with Crippen LogP contribution in [0.25, 0.3) is 0 Å². The molecule has 1 atom stereocenters. The molecular formula is C21H22N2O. The van der Waals surface area contributed by atoms with Gasteiger partial charge in [0.1, 0.15) is 0 Å². The molecule has 0 aliphatic carbocycles. The van der Waals surface area contributed by atoms with Crippen molar-refractivity contribution in [1.82, 2.24) is 9.88 Å². The van der Waals surface area contributed by atoms with E-state index in [1.54, 1.807) is 0 Å². The second-order valence-corrected chi connectivity index (χ2v) is 6.02. The van der Waals surface area contributed by atoms with Crippen molar-refractivity contribution in [2.24, 2.45) is 0 Å². The zero-order valence-electron chi connectivity index (χ0n) is 13.9. The molecule has 0 spiro atoms. The number of nitrogens with zero attached hydrogens (tertiary/aromatic N) is 1. The summed E-state index contributed by atoms with van der Waals surface area (Å²) < 4.78 is 2.08. The molecule has 3 aromatic rings. The average Bonchev–Trinajstić information content (AvgIpc) is 3.14. The summed E-state index contributed by atoms with van der Waals surface area (Å²) in [5, 5.41) is 3.03. The highest BCUT2D eigenvalue weighted by Crippen LogP contribution is 2.22. The number of hydrogen-bond acceptors (Lipinski definition) is 1. The lowest BCUT2D eigenvalue weighted by molar-refractivity contribution is -0.121. The van der Waals surface area contributed by atoms with Crippen LogP contribution in [0.3, 0.4) is 0 Å². The van der Waals surface area contributed by atoms with Crippen molar-refractivity contribution in [3.05, 3.63) is 95.8 Å². The summed E-state index contributed by atoms with van der Waals surface area (Å²) >= 11 is 0. The van der Waals surface area contributed by atoms with Crippen LogP contribution >= 0.6 is 0 Å². The van der Waals surface area contributed by atoms with E-state index in [0.29, 0.717) is 13.0 Å². The summed E-state index contributed by atoms with van der Waals surface area (Å²) in [7, 11) is 0. The van der Waals surface area contributed by atoms with Gasteiger partial charge in [-0.3, -0.25) is 4.79 Å². The van der Waals surface area contributed by atoms with Crippen molar-refractivity contribution in [1.29, 1.82) is 0 Å². The Kier molecular flexibility index (Phi) is 5.12. The SMILES string of the molecule is Cc1ccc(CNC(=O)CC(c2ccccc2)n2cccc2)cc1. The third-order valence-electron chi connectivity index (χ3n) is 4.16. The van der Waals surface area contributed by atoms with E-state index in [1.807, 2.05) is 42.7 Å². The molecule has 0 fully saturated rings. The predicted octanol–water partition coefficient (Wildman–Crippen LogP) is 4.09. The van der Waals surface area contributed by atoms with Crippen molar-refractivity contribution in [2.75, 3.05) is 0 Å². The first kappa shape index (κ1) is 16.1. The number of carbonyl (C=O) groups is 1. The Bertz CT molecular complexity index is 761. The van der Waals surface area contributed by atoms with Gasteiger partial charge in [0.05, 0.1) is 12.5 Å². The van der Waals surface area contributed by atoms with Crippen LogP contribution in [0.4, 0.5) is 0 Å². The molecule has 1 N–H and O–H groups in total. The molecule has 2 aromatic carbocycles. The summed E-state index contributed by atoms with van der Waals surface area (Å²) in [6.45, 7) is 2.62. The fourth-order valence-corrected chi connectivity index (χ4v) is 2.78. The molecule has 3 nitrogen and oxygen atoms in total. The molecule has 0 aliphatic rings. The van der Waals surface area contributed by atoms with Crippen LogP contribution in [0.5, 0.6) is 0 Å². The lowest BCUT2D eigenvalue weighted by atomic mass is 10.0. The molecule has 122 valence electrons. The second-order valence-electron chi connectivity index (χ2n) is 6.02. The van der Waals surface area contributed by atoms with Gasteiger partial charge in [-0.1, -0.05) is 60.2 Å². The highest BCUT2D eigenvalue weighted by atomic mass is 16.1. The van der Waals surface area contributed by atoms with Gasteiger partial charge in [0, 0.05) is 18.9 Å². The van der Waals surface area contributed by atoms with Crippen LogP contribution in [0, 0.1) is 6.92 Å². The lowest BCUT2D eigenvalue weighted by Crippen LogP contribution is -2.26. The number of nitrogens with one attached hydrogen (secondary N) is 1. The summed E-state index contributed by atoms with van der Waals surface area (Å²) in [5.41, 5.74) is 3.48. The summed E-state index contributed by atoms with van der Waals surface area (Å²) in [5.74, 6) is 0.0538. The standard InChI is InChI=1S/C21H22N2O/c1-17-9-11-18(12-10-17)16-22-21(24)15-20(23-13-5-6-14-23)19-7-3-2-4-8-19/h2-14,20H,15-16H2,1H3,(H,22,24). The molecule has 0 saturated heterocycles. The maximum Gasteiger partial charge on any atom is 0.222 e. The first-order chi connectivity index (χ1) is 11.7. The van der Waals surface area contributed by atoms with Gasteiger partial charge in [0.15, 0.2) is 0 Å². The van der Waals surface area contributed by atoms with Gasteiger partial charge in [-0.25, -0.2) is 0 Å². The Balaban J connectivity index is 1.66. The summed E-state index contributed by atoms with van der Waals surface area (Å²) in [4.78, 5) is 12.4. The van der Waals surface area contributed by atoms with Gasteiger partial charge < -0.3 is 9.88 Å². The van der Waals surface area contributed by atoms with Gasteiger partial charge in [-0.2, -0.15) is 0 Å². The molecule has 1 aromatic heterocycles. The van der Waals surface area contributed by atoms with E-state index in [0.717, 1.165) is 11.1 Å². The molecule has 3 rings (SSSR count). The van der Waals surface area contributed by atoms with Gasteiger partial charge in [-0.05, 0) is 30.2 Å². The number of aromatic nitrogens is 1. The molecule has 0 radical (unpaired) electrons. The van der Waals surface area contributed by atoms with E-state index >= 15 is 0 Å². The molecule has 24 heavy (non-hydrogen) atoms. The summed E-state index contributed by atoms with van der Waals surface area (Å²) in [6, 6.07) is 22.4. The first-order valence-corrected chi connectivity index (χ1v) is 8.22. The van der Waals surface area contributed by atoms with Crippen LogP contribution in [0.1, 0.15) is 29.2 Å². The highest BCUT2D eigenvalue weighted by molar-refractivity contribution is 5.76. The van der Waals surface area contributed by atoms with Crippen LogP contribution in [0.2, 0.25) is 0 Å². The smallest absolute Gasteiger partial charge is 0.222 e. The fraction of sp³-hybridized carbons (Fsp3) is 0.190. The van der Waals surface area contributed by atoms with E-state index in [4.69, 9.17) is 0 Å². The van der Waals surface area contributed by atoms with E-state index < -0.39 is 0 Å². The molecule has 1 amide bonds. The molecule has 1 heterocycles. The minimum atomic E-state index is 0.0132. The van der Waals surface area contributed by atoms with Crippen LogP contribution < -0.4 is 5.32 Å². The van der Waals surface area contributed by atoms with Crippen LogP contribution in [-0.4, -0.2) is 10.5 Å². The largest absolute Gasteiger partial charge is 0.352 e. The number of benzene rings is 2. The van der Waals surface area contributed by atoms with E-state index in [1.165, 1.54) is 5.56 Å². The lowest BCUT2D eigenvalue weighted by Gasteiger charge is -2.19. The zero-order valence-corrected chi connectivity index (χ0v) is 13.9. The van der Waals surface area contributed by atoms with Crippen molar-refractivity contribution < 1.29 is 4.79 Å². The van der Waals surface area contributed by atoms with Crippen molar-refractivity contribution in [2.45, 2.75) is 25.9 Å². The second kappa shape index (κ2) is 7.64. The van der Waals surface area contributed by atoms with E-state index in [2.05, 4.69) is 53.2 Å². The Morgan fingerprint density at radius 3 is 2.29 bits per heavy atom. The quantitative estimate of drug-likeness (QED) is 0.729. The number of carbonyl (C=O) groups excluding carboxylic acids is 1. The molecule has 1 unspecified atom stereocenters. The predicted molar refractivity (Wildman–Crippen MR) is 96.7 cm³/mol. The highest BCUT2D eigenvalue weighted by Gasteiger charge is 2.16. The fourth-order valence-electron chi connectivity index (χ4n) is 2.78. The number of amides is 1. The van der Waals surface area contributed by atoms with Crippen molar-refractivity contribution in [3.8, 4) is 0 Å². The maximum atomic E-state index is 12.4. The number of hydrogen-bond donors (Lipinski definition) is 1. The van der Waals surface area contributed by atoms with Crippen LogP contribution in [-0.2, 0) is 11.3 Å².